The average Bonchev–Trinajstić information content (AvgIpc) is 2.95. The largest absolute Gasteiger partial charge is 0.486 e. The van der Waals surface area contributed by atoms with Gasteiger partial charge >= 0.3 is 6.18 Å². The second-order valence-electron chi connectivity index (χ2n) is 9.52. The Balaban J connectivity index is 1.59. The van der Waals surface area contributed by atoms with Gasteiger partial charge in [-0.3, -0.25) is 23.9 Å². The highest BCUT2D eigenvalue weighted by Gasteiger charge is 2.34. The maximum Gasteiger partial charge on any atom is 0.416 e. The second kappa shape index (κ2) is 11.0. The van der Waals surface area contributed by atoms with Crippen LogP contribution < -0.4 is 26.1 Å². The van der Waals surface area contributed by atoms with Gasteiger partial charge in [-0.1, -0.05) is 18.2 Å². The van der Waals surface area contributed by atoms with E-state index >= 15 is 0 Å². The van der Waals surface area contributed by atoms with Crippen LogP contribution in [0, 0.1) is 12.8 Å². The highest BCUT2D eigenvalue weighted by atomic mass is 19.4. The molecule has 2 aliphatic heterocycles. The van der Waals surface area contributed by atoms with Crippen LogP contribution in [0.25, 0.3) is 5.69 Å². The number of allylic oxidation sites excluding steroid dienone is 1. The van der Waals surface area contributed by atoms with Crippen LogP contribution >= 0.6 is 0 Å². The smallest absolute Gasteiger partial charge is 0.416 e. The SMILES string of the molecule is Cc1cc(C2N=CC=CC2C(N)=O)c(C(=O)NCc2ccc3c(c2)OCCO3)c(=O)n1-c1cccc(C(F)(F)F)c1. The van der Waals surface area contributed by atoms with Gasteiger partial charge in [-0.15, -0.1) is 0 Å². The molecule has 1 aromatic heterocycles. The molecule has 41 heavy (non-hydrogen) atoms. The zero-order chi connectivity index (χ0) is 29.3. The first-order chi connectivity index (χ1) is 19.5. The van der Waals surface area contributed by atoms with Gasteiger partial charge in [0, 0.05) is 24.1 Å². The van der Waals surface area contributed by atoms with E-state index in [4.69, 9.17) is 15.2 Å². The third kappa shape index (κ3) is 5.58. The number of pyridine rings is 1. The lowest BCUT2D eigenvalue weighted by Gasteiger charge is -2.25. The lowest BCUT2D eigenvalue weighted by Crippen LogP contribution is -2.37. The molecule has 0 saturated heterocycles. The van der Waals surface area contributed by atoms with Gasteiger partial charge in [-0.05, 0) is 60.5 Å². The third-order valence-electron chi connectivity index (χ3n) is 6.78. The summed E-state index contributed by atoms with van der Waals surface area (Å²) >= 11 is 0. The van der Waals surface area contributed by atoms with E-state index in [1.165, 1.54) is 43.5 Å². The Morgan fingerprint density at radius 3 is 2.59 bits per heavy atom. The predicted octanol–water partition coefficient (Wildman–Crippen LogP) is 3.65. The number of dihydropyridines is 1. The Bertz CT molecular complexity index is 1640. The fourth-order valence-electron chi connectivity index (χ4n) is 4.86. The average molecular weight is 567 g/mol. The van der Waals surface area contributed by atoms with Crippen molar-refractivity contribution < 1.29 is 32.2 Å². The number of rotatable bonds is 6. The molecule has 2 aromatic carbocycles. The molecule has 3 heterocycles. The summed E-state index contributed by atoms with van der Waals surface area (Å²) in [5.74, 6) is -1.39. The molecular formula is C29H25F3N4O5. The van der Waals surface area contributed by atoms with Crippen LogP contribution in [0.5, 0.6) is 11.5 Å². The molecule has 2 aliphatic rings. The van der Waals surface area contributed by atoms with Gasteiger partial charge < -0.3 is 20.5 Å². The molecule has 212 valence electrons. The minimum atomic E-state index is -4.64. The number of hydrogen-bond donors (Lipinski definition) is 2. The number of alkyl halides is 3. The van der Waals surface area contributed by atoms with E-state index in [0.717, 1.165) is 16.7 Å². The van der Waals surface area contributed by atoms with Gasteiger partial charge in [0.1, 0.15) is 18.8 Å². The van der Waals surface area contributed by atoms with Crippen molar-refractivity contribution in [3.05, 3.63) is 99.0 Å². The Kier molecular flexibility index (Phi) is 7.40. The molecule has 2 unspecified atom stereocenters. The fraction of sp³-hybridized carbons (Fsp3) is 0.241. The number of nitrogens with two attached hydrogens (primary N) is 1. The summed E-state index contributed by atoms with van der Waals surface area (Å²) in [5, 5.41) is 2.71. The third-order valence-corrected chi connectivity index (χ3v) is 6.78. The highest BCUT2D eigenvalue weighted by Crippen LogP contribution is 2.34. The Hall–Kier alpha value is -4.87. The van der Waals surface area contributed by atoms with Crippen LogP contribution in [0.1, 0.15) is 38.8 Å². The Morgan fingerprint density at radius 2 is 1.85 bits per heavy atom. The number of fused-ring (bicyclic) bond motifs is 1. The first-order valence-electron chi connectivity index (χ1n) is 12.6. The maximum atomic E-state index is 13.9. The van der Waals surface area contributed by atoms with Crippen LogP contribution in [-0.2, 0) is 17.5 Å². The first kappa shape index (κ1) is 27.7. The van der Waals surface area contributed by atoms with Gasteiger partial charge in [-0.25, -0.2) is 0 Å². The Labute approximate surface area is 232 Å². The number of aromatic nitrogens is 1. The minimum Gasteiger partial charge on any atom is -0.486 e. The maximum absolute atomic E-state index is 13.9. The van der Waals surface area contributed by atoms with Gasteiger partial charge in [0.05, 0.1) is 17.5 Å². The zero-order valence-electron chi connectivity index (χ0n) is 21.8. The molecule has 5 rings (SSSR count). The van der Waals surface area contributed by atoms with E-state index in [2.05, 4.69) is 10.3 Å². The van der Waals surface area contributed by atoms with Crippen molar-refractivity contribution in [1.82, 2.24) is 9.88 Å². The number of halogens is 3. The van der Waals surface area contributed by atoms with Crippen molar-refractivity contribution in [3.8, 4) is 17.2 Å². The summed E-state index contributed by atoms with van der Waals surface area (Å²) in [7, 11) is 0. The van der Waals surface area contributed by atoms with E-state index in [0.29, 0.717) is 30.3 Å². The van der Waals surface area contributed by atoms with E-state index in [1.54, 1.807) is 18.2 Å². The molecule has 0 radical (unpaired) electrons. The summed E-state index contributed by atoms with van der Waals surface area (Å²) in [5.41, 5.74) is 4.34. The van der Waals surface area contributed by atoms with Crippen LogP contribution in [0.4, 0.5) is 13.2 Å². The normalized spacial score (nSPS) is 17.8. The predicted molar refractivity (Wildman–Crippen MR) is 143 cm³/mol. The number of ether oxygens (including phenoxy) is 2. The number of nitrogens with zero attached hydrogens (tertiary/aromatic N) is 2. The highest BCUT2D eigenvalue weighted by molar-refractivity contribution is 5.96. The van der Waals surface area contributed by atoms with Crippen molar-refractivity contribution >= 4 is 18.0 Å². The van der Waals surface area contributed by atoms with Gasteiger partial charge in [0.15, 0.2) is 11.5 Å². The Morgan fingerprint density at radius 1 is 1.10 bits per heavy atom. The van der Waals surface area contributed by atoms with Crippen LogP contribution in [0.15, 0.2) is 70.5 Å². The molecule has 3 aromatic rings. The van der Waals surface area contributed by atoms with Crippen LogP contribution in [0.2, 0.25) is 0 Å². The molecule has 0 saturated carbocycles. The molecule has 2 amide bonds. The van der Waals surface area contributed by atoms with E-state index in [1.807, 2.05) is 0 Å². The number of benzene rings is 2. The number of carbonyl (C=O) groups is 2. The summed E-state index contributed by atoms with van der Waals surface area (Å²) in [6.07, 6.45) is -0.168. The molecule has 0 aliphatic carbocycles. The number of aliphatic imine (C=N–C) groups is 1. The van der Waals surface area contributed by atoms with Gasteiger partial charge in [0.2, 0.25) is 5.91 Å². The lowest BCUT2D eigenvalue weighted by atomic mass is 9.88. The van der Waals surface area contributed by atoms with Crippen LogP contribution in [0.3, 0.4) is 0 Å². The molecule has 0 fully saturated rings. The number of primary amides is 1. The van der Waals surface area contributed by atoms with Crippen LogP contribution in [-0.4, -0.2) is 35.8 Å². The van der Waals surface area contributed by atoms with Crippen molar-refractivity contribution in [1.29, 1.82) is 0 Å². The van der Waals surface area contributed by atoms with Crippen molar-refractivity contribution in [2.75, 3.05) is 13.2 Å². The quantitative estimate of drug-likeness (QED) is 0.471. The van der Waals surface area contributed by atoms with E-state index in [9.17, 15) is 27.6 Å². The molecule has 0 spiro atoms. The monoisotopic (exact) mass is 566 g/mol. The van der Waals surface area contributed by atoms with Crippen molar-refractivity contribution in [2.45, 2.75) is 25.7 Å². The molecule has 9 nitrogen and oxygen atoms in total. The standard InChI is InChI=1S/C29H25F3N4O5/c1-16-12-21(25-20(26(33)37)6-3-9-34-25)24(28(39)36(16)19-5-2-4-18(14-19)29(30,31)32)27(38)35-15-17-7-8-22-23(13-17)41-11-10-40-22/h2-9,12-14,20,25H,10-11,15H2,1H3,(H2,33,37)(H,35,38). The number of carbonyl (C=O) groups excluding carboxylic acids is 2. The summed E-state index contributed by atoms with van der Waals surface area (Å²) < 4.78 is 52.5. The van der Waals surface area contributed by atoms with Gasteiger partial charge in [0.25, 0.3) is 11.5 Å². The fourth-order valence-corrected chi connectivity index (χ4v) is 4.86. The molecule has 2 atom stereocenters. The summed E-state index contributed by atoms with van der Waals surface area (Å²) in [4.78, 5) is 44.1. The van der Waals surface area contributed by atoms with Gasteiger partial charge in [-0.2, -0.15) is 13.2 Å². The van der Waals surface area contributed by atoms with E-state index in [-0.39, 0.29) is 29.1 Å². The topological polar surface area (TPSA) is 125 Å². The first-order valence-corrected chi connectivity index (χ1v) is 12.6. The molecule has 0 bridgehead atoms. The van der Waals surface area contributed by atoms with Crippen molar-refractivity contribution in [2.24, 2.45) is 16.6 Å². The molecule has 12 heteroatoms. The number of nitrogens with one attached hydrogen (secondary N) is 1. The van der Waals surface area contributed by atoms with E-state index < -0.39 is 41.1 Å². The summed E-state index contributed by atoms with van der Waals surface area (Å²) in [6, 6.07) is 9.85. The molecule has 3 N–H and O–H groups in total. The number of hydrogen-bond acceptors (Lipinski definition) is 6. The zero-order valence-corrected chi connectivity index (χ0v) is 21.8. The van der Waals surface area contributed by atoms with Crippen molar-refractivity contribution in [3.63, 3.8) is 0 Å². The lowest BCUT2D eigenvalue weighted by molar-refractivity contribution is -0.137. The molecular weight excluding hydrogens is 541 g/mol. The second-order valence-corrected chi connectivity index (χ2v) is 9.52. The number of amides is 2. The minimum absolute atomic E-state index is 0.00112. The number of aryl methyl sites for hydroxylation is 1. The summed E-state index contributed by atoms with van der Waals surface area (Å²) in [6.45, 7) is 2.31.